The maximum atomic E-state index is 12.7. The number of aryl methyl sites for hydroxylation is 1. The molecule has 5 nitrogen and oxygen atoms in total. The molecule has 4 rings (SSSR count). The zero-order chi connectivity index (χ0) is 18.6. The molecule has 2 aliphatic heterocycles. The van der Waals surface area contributed by atoms with Crippen molar-refractivity contribution in [3.05, 3.63) is 59.1 Å². The van der Waals surface area contributed by atoms with Gasteiger partial charge in [0, 0.05) is 37.7 Å². The molecule has 0 atom stereocenters. The fourth-order valence-electron chi connectivity index (χ4n) is 3.91. The van der Waals surface area contributed by atoms with Crippen molar-refractivity contribution in [3.63, 3.8) is 0 Å². The van der Waals surface area contributed by atoms with Gasteiger partial charge in [-0.2, -0.15) is 0 Å². The van der Waals surface area contributed by atoms with Gasteiger partial charge in [-0.15, -0.1) is 0 Å². The lowest BCUT2D eigenvalue weighted by atomic mass is 10.0. The highest BCUT2D eigenvalue weighted by Crippen LogP contribution is 2.28. The van der Waals surface area contributed by atoms with E-state index in [2.05, 4.69) is 9.88 Å². The summed E-state index contributed by atoms with van der Waals surface area (Å²) in [5, 5.41) is 0. The number of amides is 1. The Morgan fingerprint density at radius 3 is 2.59 bits per heavy atom. The van der Waals surface area contributed by atoms with Gasteiger partial charge in [-0.25, -0.2) is 9.97 Å². The molecule has 0 radical (unpaired) electrons. The maximum absolute atomic E-state index is 12.7. The number of hydrogen-bond acceptors (Lipinski definition) is 4. The number of hydrogen-bond donors (Lipinski definition) is 0. The molecule has 5 heteroatoms. The van der Waals surface area contributed by atoms with Crippen molar-refractivity contribution in [2.45, 2.75) is 39.2 Å². The Labute approximate surface area is 160 Å². The molecule has 2 aromatic rings. The summed E-state index contributed by atoms with van der Waals surface area (Å²) >= 11 is 0. The van der Waals surface area contributed by atoms with E-state index < -0.39 is 0 Å². The van der Waals surface area contributed by atoms with Crippen molar-refractivity contribution in [1.82, 2.24) is 14.9 Å². The van der Waals surface area contributed by atoms with Crippen LogP contribution in [0.25, 0.3) is 6.08 Å². The van der Waals surface area contributed by atoms with E-state index in [9.17, 15) is 4.79 Å². The molecule has 140 valence electrons. The minimum Gasteiger partial charge on any atom is -0.356 e. The van der Waals surface area contributed by atoms with Crippen LogP contribution in [0.3, 0.4) is 0 Å². The molecule has 1 aromatic carbocycles. The van der Waals surface area contributed by atoms with Crippen molar-refractivity contribution < 1.29 is 4.79 Å². The highest BCUT2D eigenvalue weighted by atomic mass is 16.2. The number of aromatic nitrogens is 2. The van der Waals surface area contributed by atoms with Gasteiger partial charge in [0.1, 0.15) is 11.6 Å². The minimum absolute atomic E-state index is 0.0506. The number of carbonyl (C=O) groups excluding carboxylic acids is 1. The lowest BCUT2D eigenvalue weighted by Gasteiger charge is -2.34. The number of piperidine rings is 1. The Morgan fingerprint density at radius 1 is 1.04 bits per heavy atom. The fourth-order valence-corrected chi connectivity index (χ4v) is 3.91. The fraction of sp³-hybridized carbons (Fsp3) is 0.409. The number of nitrogens with zero attached hydrogens (tertiary/aromatic N) is 4. The molecular weight excluding hydrogens is 336 g/mol. The Bertz CT molecular complexity index is 841. The Kier molecular flexibility index (Phi) is 5.19. The van der Waals surface area contributed by atoms with E-state index in [0.29, 0.717) is 13.1 Å². The van der Waals surface area contributed by atoms with Crippen LogP contribution in [0.2, 0.25) is 0 Å². The zero-order valence-electron chi connectivity index (χ0n) is 15.9. The first-order valence-electron chi connectivity index (χ1n) is 9.84. The Hall–Kier alpha value is -2.69. The van der Waals surface area contributed by atoms with Crippen LogP contribution in [0.15, 0.2) is 36.4 Å². The van der Waals surface area contributed by atoms with Gasteiger partial charge in [-0.05, 0) is 37.8 Å². The van der Waals surface area contributed by atoms with Crippen LogP contribution in [0.4, 0.5) is 5.82 Å². The van der Waals surface area contributed by atoms with Crippen molar-refractivity contribution in [3.8, 4) is 0 Å². The topological polar surface area (TPSA) is 49.3 Å². The van der Waals surface area contributed by atoms with Crippen LogP contribution in [0, 0.1) is 6.92 Å². The molecule has 0 bridgehead atoms. The van der Waals surface area contributed by atoms with Crippen LogP contribution < -0.4 is 4.90 Å². The summed E-state index contributed by atoms with van der Waals surface area (Å²) < 4.78 is 0. The standard InChI is InChI=1S/C22H26N4O/c1-17-23-20-12-15-26(21(27)11-10-18-8-4-2-5-9-18)16-19(20)22(24-17)25-13-6-3-7-14-25/h2,4-5,8-11H,3,6-7,12-16H2,1H3/b11-10+. The normalized spacial score (nSPS) is 17.2. The first-order chi connectivity index (χ1) is 13.2. The maximum Gasteiger partial charge on any atom is 0.246 e. The number of carbonyl (C=O) groups is 1. The van der Waals surface area contributed by atoms with E-state index in [1.165, 1.54) is 19.3 Å². The summed E-state index contributed by atoms with van der Waals surface area (Å²) in [6, 6.07) is 9.93. The van der Waals surface area contributed by atoms with Crippen molar-refractivity contribution in [1.29, 1.82) is 0 Å². The summed E-state index contributed by atoms with van der Waals surface area (Å²) in [6.07, 6.45) is 8.06. The van der Waals surface area contributed by atoms with Gasteiger partial charge in [-0.3, -0.25) is 4.79 Å². The van der Waals surface area contributed by atoms with Gasteiger partial charge in [0.2, 0.25) is 5.91 Å². The monoisotopic (exact) mass is 362 g/mol. The molecule has 3 heterocycles. The van der Waals surface area contributed by atoms with Crippen LogP contribution >= 0.6 is 0 Å². The first kappa shape index (κ1) is 17.7. The summed E-state index contributed by atoms with van der Waals surface area (Å²) in [6.45, 7) is 5.36. The lowest BCUT2D eigenvalue weighted by Crippen LogP contribution is -2.38. The second kappa shape index (κ2) is 7.91. The Balaban J connectivity index is 1.55. The van der Waals surface area contributed by atoms with Gasteiger partial charge < -0.3 is 9.80 Å². The molecule has 1 fully saturated rings. The van der Waals surface area contributed by atoms with E-state index in [1.807, 2.05) is 48.2 Å². The number of benzene rings is 1. The minimum atomic E-state index is 0.0506. The SMILES string of the molecule is Cc1nc2c(c(N3CCCCC3)n1)CN(C(=O)/C=C/c1ccccc1)CC2. The summed E-state index contributed by atoms with van der Waals surface area (Å²) in [7, 11) is 0. The molecule has 2 aliphatic rings. The molecule has 0 aliphatic carbocycles. The average molecular weight is 362 g/mol. The van der Waals surface area contributed by atoms with Crippen molar-refractivity contribution in [2.24, 2.45) is 0 Å². The predicted molar refractivity (Wildman–Crippen MR) is 107 cm³/mol. The van der Waals surface area contributed by atoms with E-state index in [1.54, 1.807) is 6.08 Å². The molecule has 27 heavy (non-hydrogen) atoms. The van der Waals surface area contributed by atoms with Crippen molar-refractivity contribution >= 4 is 17.8 Å². The zero-order valence-corrected chi connectivity index (χ0v) is 15.9. The third-order valence-electron chi connectivity index (χ3n) is 5.34. The third kappa shape index (κ3) is 4.02. The molecule has 1 amide bonds. The second-order valence-electron chi connectivity index (χ2n) is 7.32. The van der Waals surface area contributed by atoms with E-state index in [4.69, 9.17) is 4.98 Å². The molecule has 0 unspecified atom stereocenters. The summed E-state index contributed by atoms with van der Waals surface area (Å²) in [5.74, 6) is 1.93. The van der Waals surface area contributed by atoms with E-state index in [-0.39, 0.29) is 5.91 Å². The van der Waals surface area contributed by atoms with Gasteiger partial charge in [0.25, 0.3) is 0 Å². The van der Waals surface area contributed by atoms with Gasteiger partial charge in [0.15, 0.2) is 0 Å². The van der Waals surface area contributed by atoms with Crippen LogP contribution in [-0.4, -0.2) is 40.4 Å². The van der Waals surface area contributed by atoms with Gasteiger partial charge in [0.05, 0.1) is 12.2 Å². The first-order valence-corrected chi connectivity index (χ1v) is 9.84. The van der Waals surface area contributed by atoms with Crippen LogP contribution in [-0.2, 0) is 17.8 Å². The summed E-state index contributed by atoms with van der Waals surface area (Å²) in [5.41, 5.74) is 3.28. The average Bonchev–Trinajstić information content (AvgIpc) is 2.72. The number of anilines is 1. The molecule has 0 spiro atoms. The largest absolute Gasteiger partial charge is 0.356 e. The third-order valence-corrected chi connectivity index (χ3v) is 5.34. The molecular formula is C22H26N4O. The molecule has 0 saturated carbocycles. The number of fused-ring (bicyclic) bond motifs is 1. The lowest BCUT2D eigenvalue weighted by molar-refractivity contribution is -0.126. The van der Waals surface area contributed by atoms with Crippen LogP contribution in [0.5, 0.6) is 0 Å². The van der Waals surface area contributed by atoms with Crippen LogP contribution in [0.1, 0.15) is 41.9 Å². The Morgan fingerprint density at radius 2 is 1.81 bits per heavy atom. The molecule has 1 aromatic heterocycles. The predicted octanol–water partition coefficient (Wildman–Crippen LogP) is 3.37. The highest BCUT2D eigenvalue weighted by molar-refractivity contribution is 5.92. The second-order valence-corrected chi connectivity index (χ2v) is 7.32. The quantitative estimate of drug-likeness (QED) is 0.786. The highest BCUT2D eigenvalue weighted by Gasteiger charge is 2.26. The van der Waals surface area contributed by atoms with E-state index in [0.717, 1.165) is 48.0 Å². The van der Waals surface area contributed by atoms with E-state index >= 15 is 0 Å². The smallest absolute Gasteiger partial charge is 0.246 e. The number of rotatable bonds is 3. The molecule has 1 saturated heterocycles. The van der Waals surface area contributed by atoms with Gasteiger partial charge in [-0.1, -0.05) is 30.3 Å². The van der Waals surface area contributed by atoms with Gasteiger partial charge >= 0.3 is 0 Å². The summed E-state index contributed by atoms with van der Waals surface area (Å²) in [4.78, 5) is 26.4. The van der Waals surface area contributed by atoms with Crippen molar-refractivity contribution in [2.75, 3.05) is 24.5 Å². The molecule has 0 N–H and O–H groups in total.